The molecule has 1 N–H and O–H groups in total. The normalized spacial score (nSPS) is 35.8. The van der Waals surface area contributed by atoms with Crippen molar-refractivity contribution in [3.05, 3.63) is 34.9 Å². The minimum absolute atomic E-state index is 0.123. The first-order chi connectivity index (χ1) is 9.44. The Morgan fingerprint density at radius 1 is 1.25 bits per heavy atom. The number of benzene rings is 1. The Kier molecular flexibility index (Phi) is 3.14. The average Bonchev–Trinajstić information content (AvgIpc) is 2.64. The Hall–Kier alpha value is -1.32. The second-order valence-corrected chi connectivity index (χ2v) is 7.50. The first-order valence-corrected chi connectivity index (χ1v) is 7.73. The maximum atomic E-state index is 14.1. The third-order valence-corrected chi connectivity index (χ3v) is 6.40. The van der Waals surface area contributed by atoms with Crippen LogP contribution in [0.4, 0.5) is 8.78 Å². The molecule has 3 rings (SSSR count). The predicted octanol–water partition coefficient (Wildman–Crippen LogP) is 2.10. The van der Waals surface area contributed by atoms with Gasteiger partial charge in [0.05, 0.1) is 11.2 Å². The maximum absolute atomic E-state index is 14.1. The molecule has 20 heavy (non-hydrogen) atoms. The molecule has 2 unspecified atom stereocenters. The molecular formula is C14H13F2NO2S. The summed E-state index contributed by atoms with van der Waals surface area (Å²) in [6.07, 6.45) is 1.86. The zero-order chi connectivity index (χ0) is 14.5. The average molecular weight is 297 g/mol. The highest BCUT2D eigenvalue weighted by Crippen LogP contribution is 2.46. The minimum Gasteiger partial charge on any atom is -0.385 e. The van der Waals surface area contributed by atoms with Crippen LogP contribution in [-0.4, -0.2) is 19.8 Å². The van der Waals surface area contributed by atoms with Gasteiger partial charge in [0.2, 0.25) is 0 Å². The molecule has 0 aliphatic carbocycles. The molecule has 0 saturated carbocycles. The summed E-state index contributed by atoms with van der Waals surface area (Å²) in [5, 5.41) is 19.1. The fraction of sp³-hybridized carbons (Fsp3) is 0.500. The van der Waals surface area contributed by atoms with Crippen LogP contribution in [0.3, 0.4) is 0 Å². The molecule has 6 heteroatoms. The summed E-state index contributed by atoms with van der Waals surface area (Å²) in [6.45, 7) is 0. The van der Waals surface area contributed by atoms with Gasteiger partial charge < -0.3 is 5.11 Å². The monoisotopic (exact) mass is 297 g/mol. The van der Waals surface area contributed by atoms with Gasteiger partial charge in [-0.15, -0.1) is 0 Å². The first-order valence-electron chi connectivity index (χ1n) is 6.46. The summed E-state index contributed by atoms with van der Waals surface area (Å²) in [4.78, 5) is 0. The molecule has 0 aromatic heterocycles. The topological polar surface area (TPSA) is 61.1 Å². The van der Waals surface area contributed by atoms with E-state index in [-0.39, 0.29) is 34.5 Å². The molecule has 2 saturated heterocycles. The number of nitrogens with zero attached hydrogens (tertiary/aromatic N) is 1. The van der Waals surface area contributed by atoms with Gasteiger partial charge in [-0.25, -0.2) is 8.78 Å². The van der Waals surface area contributed by atoms with Crippen molar-refractivity contribution in [3.8, 4) is 6.07 Å². The highest BCUT2D eigenvalue weighted by Gasteiger charge is 2.49. The highest BCUT2D eigenvalue weighted by atomic mass is 32.2. The molecule has 2 fully saturated rings. The molecule has 0 radical (unpaired) electrons. The number of rotatable bonds is 1. The summed E-state index contributed by atoms with van der Waals surface area (Å²) in [6, 6.07) is 3.29. The Morgan fingerprint density at radius 3 is 2.40 bits per heavy atom. The van der Waals surface area contributed by atoms with E-state index in [0.29, 0.717) is 0 Å². The smallest absolute Gasteiger partial charge is 0.141 e. The third-order valence-electron chi connectivity index (χ3n) is 4.28. The lowest BCUT2D eigenvalue weighted by molar-refractivity contribution is 0.0147. The van der Waals surface area contributed by atoms with Gasteiger partial charge in [0, 0.05) is 26.9 Å². The Balaban J connectivity index is 2.03. The maximum Gasteiger partial charge on any atom is 0.141 e. The lowest BCUT2D eigenvalue weighted by atomic mass is 9.85. The molecule has 106 valence electrons. The molecule has 1 aromatic rings. The van der Waals surface area contributed by atoms with Crippen LogP contribution in [0, 0.1) is 23.0 Å². The number of fused-ring (bicyclic) bond motifs is 2. The van der Waals surface area contributed by atoms with Crippen LogP contribution in [0.5, 0.6) is 0 Å². The van der Waals surface area contributed by atoms with Crippen LogP contribution in [0.1, 0.15) is 36.8 Å². The standard InChI is InChI=1S/C14H13F2NO2S/c15-12-4-11(13(16)3-8(12)7-17)14(18)5-9-1-2-10(6-14)20(9)19/h3-4,9-10,18H,1-2,5-6H2. The Bertz CT molecular complexity index is 625. The van der Waals surface area contributed by atoms with E-state index in [4.69, 9.17) is 5.26 Å². The van der Waals surface area contributed by atoms with Crippen LogP contribution >= 0.6 is 0 Å². The number of nitriles is 1. The van der Waals surface area contributed by atoms with Gasteiger partial charge in [0.1, 0.15) is 17.7 Å². The van der Waals surface area contributed by atoms with Crippen molar-refractivity contribution in [1.82, 2.24) is 0 Å². The number of hydrogen-bond donors (Lipinski definition) is 1. The molecule has 3 nitrogen and oxygen atoms in total. The number of hydrogen-bond acceptors (Lipinski definition) is 3. The van der Waals surface area contributed by atoms with E-state index in [1.165, 1.54) is 0 Å². The van der Waals surface area contributed by atoms with E-state index in [1.807, 2.05) is 0 Å². The van der Waals surface area contributed by atoms with Gasteiger partial charge in [0.25, 0.3) is 0 Å². The fourth-order valence-corrected chi connectivity index (χ4v) is 5.45. The zero-order valence-corrected chi connectivity index (χ0v) is 11.4. The van der Waals surface area contributed by atoms with Crippen molar-refractivity contribution in [2.75, 3.05) is 0 Å². The molecule has 1 aromatic carbocycles. The Labute approximate surface area is 117 Å². The highest BCUT2D eigenvalue weighted by molar-refractivity contribution is 7.86. The van der Waals surface area contributed by atoms with E-state index >= 15 is 0 Å². The predicted molar refractivity (Wildman–Crippen MR) is 69.2 cm³/mol. The number of halogens is 2. The summed E-state index contributed by atoms with van der Waals surface area (Å²) in [7, 11) is -0.985. The van der Waals surface area contributed by atoms with Crippen molar-refractivity contribution in [2.45, 2.75) is 41.8 Å². The second kappa shape index (κ2) is 4.61. The Morgan fingerprint density at radius 2 is 1.85 bits per heavy atom. The summed E-state index contributed by atoms with van der Waals surface area (Å²) in [5.74, 6) is -1.62. The SMILES string of the molecule is N#Cc1cc(F)c(C2(O)CC3CCC(C2)S3=O)cc1F. The number of aliphatic hydroxyl groups is 1. The van der Waals surface area contributed by atoms with Crippen LogP contribution in [0.15, 0.2) is 12.1 Å². The molecule has 0 amide bonds. The summed E-state index contributed by atoms with van der Waals surface area (Å²) in [5.41, 5.74) is -1.99. The van der Waals surface area contributed by atoms with Crippen molar-refractivity contribution in [2.24, 2.45) is 0 Å². The van der Waals surface area contributed by atoms with Gasteiger partial charge in [-0.05, 0) is 37.8 Å². The van der Waals surface area contributed by atoms with Gasteiger partial charge in [-0.3, -0.25) is 4.21 Å². The summed E-state index contributed by atoms with van der Waals surface area (Å²) < 4.78 is 39.7. The van der Waals surface area contributed by atoms with Gasteiger partial charge in [-0.2, -0.15) is 5.26 Å². The van der Waals surface area contributed by atoms with E-state index in [9.17, 15) is 18.1 Å². The minimum atomic E-state index is -1.49. The van der Waals surface area contributed by atoms with Crippen LogP contribution in [0.2, 0.25) is 0 Å². The van der Waals surface area contributed by atoms with E-state index in [1.54, 1.807) is 6.07 Å². The summed E-state index contributed by atoms with van der Waals surface area (Å²) >= 11 is 0. The van der Waals surface area contributed by atoms with E-state index in [0.717, 1.165) is 25.0 Å². The molecule has 2 aliphatic heterocycles. The fourth-order valence-electron chi connectivity index (χ4n) is 3.29. The van der Waals surface area contributed by atoms with Crippen LogP contribution in [0.25, 0.3) is 0 Å². The van der Waals surface area contributed by atoms with Crippen molar-refractivity contribution in [1.29, 1.82) is 5.26 Å². The third kappa shape index (κ3) is 1.97. The largest absolute Gasteiger partial charge is 0.385 e. The van der Waals surface area contributed by atoms with Crippen molar-refractivity contribution in [3.63, 3.8) is 0 Å². The van der Waals surface area contributed by atoms with Crippen LogP contribution in [-0.2, 0) is 16.4 Å². The van der Waals surface area contributed by atoms with E-state index < -0.39 is 28.0 Å². The molecular weight excluding hydrogens is 284 g/mol. The van der Waals surface area contributed by atoms with Gasteiger partial charge in [-0.1, -0.05) is 0 Å². The van der Waals surface area contributed by atoms with Crippen molar-refractivity contribution >= 4 is 10.8 Å². The molecule has 2 aliphatic rings. The van der Waals surface area contributed by atoms with Gasteiger partial charge >= 0.3 is 0 Å². The quantitative estimate of drug-likeness (QED) is 0.863. The molecule has 2 atom stereocenters. The van der Waals surface area contributed by atoms with Crippen molar-refractivity contribution < 1.29 is 18.1 Å². The molecule has 0 spiro atoms. The van der Waals surface area contributed by atoms with Crippen LogP contribution < -0.4 is 0 Å². The molecule has 2 heterocycles. The van der Waals surface area contributed by atoms with E-state index in [2.05, 4.69) is 0 Å². The van der Waals surface area contributed by atoms with Gasteiger partial charge in [0.15, 0.2) is 0 Å². The zero-order valence-electron chi connectivity index (χ0n) is 10.6. The lowest BCUT2D eigenvalue weighted by Gasteiger charge is -2.36. The first kappa shape index (κ1) is 13.7. The lowest BCUT2D eigenvalue weighted by Crippen LogP contribution is -2.41. The second-order valence-electron chi connectivity index (χ2n) is 5.51. The molecule has 2 bridgehead atoms.